The van der Waals surface area contributed by atoms with Gasteiger partial charge in [-0.05, 0) is 44.0 Å². The second-order valence-electron chi connectivity index (χ2n) is 7.08. The molecule has 2 aliphatic heterocycles. The Morgan fingerprint density at radius 3 is 2.67 bits per heavy atom. The molecular weight excluding hydrogens is 307 g/mol. The Bertz CT molecular complexity index is 586. The molecule has 3 rings (SSSR count). The summed E-state index contributed by atoms with van der Waals surface area (Å²) in [6.07, 6.45) is 2.19. The molecule has 0 radical (unpaired) electrons. The van der Waals surface area contributed by atoms with Crippen molar-refractivity contribution < 1.29 is 9.18 Å². The number of rotatable bonds is 2. The molecule has 2 saturated heterocycles. The number of piperidine rings is 1. The zero-order valence-corrected chi connectivity index (χ0v) is 14.6. The maximum absolute atomic E-state index is 13.7. The second-order valence-corrected chi connectivity index (χ2v) is 7.08. The molecule has 0 bridgehead atoms. The lowest BCUT2D eigenvalue weighted by molar-refractivity contribution is 0.182. The van der Waals surface area contributed by atoms with Crippen LogP contribution in [0, 0.1) is 11.7 Å². The Kier molecular flexibility index (Phi) is 5.23. The fourth-order valence-corrected chi connectivity index (χ4v) is 3.50. The monoisotopic (exact) mass is 334 g/mol. The maximum atomic E-state index is 13.7. The Morgan fingerprint density at radius 1 is 1.21 bits per heavy atom. The summed E-state index contributed by atoms with van der Waals surface area (Å²) in [6, 6.07) is 4.54. The number of halogens is 1. The van der Waals surface area contributed by atoms with E-state index < -0.39 is 0 Å². The van der Waals surface area contributed by atoms with Crippen LogP contribution in [0.4, 0.5) is 20.6 Å². The lowest BCUT2D eigenvalue weighted by Gasteiger charge is -2.36. The Hall–Kier alpha value is -1.82. The molecule has 2 amide bonds. The van der Waals surface area contributed by atoms with Gasteiger partial charge in [-0.3, -0.25) is 0 Å². The van der Waals surface area contributed by atoms with Gasteiger partial charge in [-0.2, -0.15) is 0 Å². The van der Waals surface area contributed by atoms with Gasteiger partial charge in [0.25, 0.3) is 0 Å². The molecule has 6 heteroatoms. The van der Waals surface area contributed by atoms with Gasteiger partial charge in [0.15, 0.2) is 0 Å². The minimum absolute atomic E-state index is 0.123. The van der Waals surface area contributed by atoms with Gasteiger partial charge in [0.05, 0.1) is 11.4 Å². The van der Waals surface area contributed by atoms with Crippen molar-refractivity contribution in [3.05, 3.63) is 24.0 Å². The summed E-state index contributed by atoms with van der Waals surface area (Å²) >= 11 is 0. The number of nitrogens with one attached hydrogen (secondary N) is 1. The van der Waals surface area contributed by atoms with Crippen LogP contribution in [0.2, 0.25) is 0 Å². The highest BCUT2D eigenvalue weighted by molar-refractivity contribution is 5.93. The number of carbonyl (C=O) groups excluding carboxylic acids is 1. The normalized spacial score (nSPS) is 22.5. The second kappa shape index (κ2) is 7.38. The Balaban J connectivity index is 1.74. The number of likely N-dealkylation sites (N-methyl/N-ethyl adjacent to an activating group) is 1. The van der Waals surface area contributed by atoms with E-state index in [0.717, 1.165) is 57.8 Å². The van der Waals surface area contributed by atoms with Crippen molar-refractivity contribution >= 4 is 17.4 Å². The first-order valence-corrected chi connectivity index (χ1v) is 8.82. The summed E-state index contributed by atoms with van der Waals surface area (Å²) < 4.78 is 13.7. The molecule has 132 valence electrons. The summed E-state index contributed by atoms with van der Waals surface area (Å²) in [5, 5.41) is 2.94. The molecule has 0 spiro atoms. The Labute approximate surface area is 143 Å². The topological polar surface area (TPSA) is 38.8 Å². The third-order valence-electron chi connectivity index (χ3n) is 4.99. The van der Waals surface area contributed by atoms with Crippen molar-refractivity contribution in [2.45, 2.75) is 19.8 Å². The molecular formula is C18H27FN4O. The lowest BCUT2D eigenvalue weighted by atomic mass is 10.0. The van der Waals surface area contributed by atoms with Crippen LogP contribution in [0.3, 0.4) is 0 Å². The van der Waals surface area contributed by atoms with Gasteiger partial charge < -0.3 is 20.0 Å². The van der Waals surface area contributed by atoms with Crippen LogP contribution in [-0.4, -0.2) is 62.1 Å². The van der Waals surface area contributed by atoms with E-state index >= 15 is 0 Å². The molecule has 2 heterocycles. The molecule has 0 unspecified atom stereocenters. The molecule has 2 fully saturated rings. The quantitative estimate of drug-likeness (QED) is 0.904. The van der Waals surface area contributed by atoms with E-state index in [-0.39, 0.29) is 11.8 Å². The number of likely N-dealkylation sites (tertiary alicyclic amines) is 1. The van der Waals surface area contributed by atoms with Crippen LogP contribution < -0.4 is 10.2 Å². The first-order valence-electron chi connectivity index (χ1n) is 8.82. The summed E-state index contributed by atoms with van der Waals surface area (Å²) in [5.41, 5.74) is 1.48. The summed E-state index contributed by atoms with van der Waals surface area (Å²) in [4.78, 5) is 18.9. The highest BCUT2D eigenvalue weighted by Gasteiger charge is 2.23. The Morgan fingerprint density at radius 2 is 1.96 bits per heavy atom. The largest absolute Gasteiger partial charge is 0.367 e. The van der Waals surface area contributed by atoms with Gasteiger partial charge in [0.2, 0.25) is 0 Å². The molecule has 1 atom stereocenters. The number of amides is 2. The predicted octanol–water partition coefficient (Wildman–Crippen LogP) is 2.84. The van der Waals surface area contributed by atoms with Gasteiger partial charge in [-0.25, -0.2) is 9.18 Å². The predicted molar refractivity (Wildman–Crippen MR) is 95.1 cm³/mol. The van der Waals surface area contributed by atoms with Gasteiger partial charge in [-0.15, -0.1) is 0 Å². The number of urea groups is 1. The summed E-state index contributed by atoms with van der Waals surface area (Å²) in [5.74, 6) is 0.198. The third-order valence-corrected chi connectivity index (χ3v) is 4.99. The molecule has 5 nitrogen and oxygen atoms in total. The fourth-order valence-electron chi connectivity index (χ4n) is 3.50. The molecule has 2 aliphatic rings. The molecule has 1 N–H and O–H groups in total. The number of hydrogen-bond acceptors (Lipinski definition) is 3. The van der Waals surface area contributed by atoms with E-state index in [1.165, 1.54) is 12.1 Å². The molecule has 24 heavy (non-hydrogen) atoms. The smallest absolute Gasteiger partial charge is 0.321 e. The van der Waals surface area contributed by atoms with Crippen LogP contribution in [0.15, 0.2) is 18.2 Å². The van der Waals surface area contributed by atoms with Crippen LogP contribution in [0.25, 0.3) is 0 Å². The van der Waals surface area contributed by atoms with E-state index in [4.69, 9.17) is 0 Å². The zero-order chi connectivity index (χ0) is 17.1. The molecule has 1 aromatic rings. The molecule has 0 aromatic heterocycles. The standard InChI is InChI=1S/C18H27FN4O/c1-14-4-3-7-23(13-14)18(24)20-16-12-15(19)5-6-17(16)22-10-8-21(2)9-11-22/h5-6,12,14H,3-4,7-11,13H2,1-2H3,(H,20,24)/t14-/m0/s1. The minimum Gasteiger partial charge on any atom is -0.367 e. The van der Waals surface area contributed by atoms with Crippen molar-refractivity contribution in [2.75, 3.05) is 56.5 Å². The van der Waals surface area contributed by atoms with Crippen LogP contribution in [0.1, 0.15) is 19.8 Å². The highest BCUT2D eigenvalue weighted by atomic mass is 19.1. The van der Waals surface area contributed by atoms with E-state index in [1.807, 2.05) is 4.90 Å². The number of carbonyl (C=O) groups is 1. The lowest BCUT2D eigenvalue weighted by Crippen LogP contribution is -2.45. The van der Waals surface area contributed by atoms with E-state index in [9.17, 15) is 9.18 Å². The van der Waals surface area contributed by atoms with Crippen LogP contribution in [-0.2, 0) is 0 Å². The average molecular weight is 334 g/mol. The van der Waals surface area contributed by atoms with E-state index in [0.29, 0.717) is 11.6 Å². The maximum Gasteiger partial charge on any atom is 0.321 e. The van der Waals surface area contributed by atoms with Crippen molar-refractivity contribution in [3.8, 4) is 0 Å². The number of anilines is 2. The van der Waals surface area contributed by atoms with E-state index in [2.05, 4.69) is 29.1 Å². The third kappa shape index (κ3) is 3.98. The summed E-state index contributed by atoms with van der Waals surface area (Å²) in [7, 11) is 2.10. The van der Waals surface area contributed by atoms with Gasteiger partial charge in [-0.1, -0.05) is 6.92 Å². The van der Waals surface area contributed by atoms with Crippen molar-refractivity contribution in [1.29, 1.82) is 0 Å². The molecule has 0 saturated carbocycles. The van der Waals surface area contributed by atoms with Gasteiger partial charge >= 0.3 is 6.03 Å². The highest BCUT2D eigenvalue weighted by Crippen LogP contribution is 2.28. The molecule has 0 aliphatic carbocycles. The van der Waals surface area contributed by atoms with E-state index in [1.54, 1.807) is 6.07 Å². The van der Waals surface area contributed by atoms with Crippen molar-refractivity contribution in [1.82, 2.24) is 9.80 Å². The van der Waals surface area contributed by atoms with Crippen LogP contribution >= 0.6 is 0 Å². The van der Waals surface area contributed by atoms with Gasteiger partial charge in [0.1, 0.15) is 5.82 Å². The number of nitrogens with zero attached hydrogens (tertiary/aromatic N) is 3. The molecule has 1 aromatic carbocycles. The minimum atomic E-state index is -0.324. The van der Waals surface area contributed by atoms with Crippen molar-refractivity contribution in [2.24, 2.45) is 5.92 Å². The average Bonchev–Trinajstić information content (AvgIpc) is 2.56. The number of piperazine rings is 1. The first kappa shape index (κ1) is 17.0. The summed E-state index contributed by atoms with van der Waals surface area (Å²) in [6.45, 7) is 7.40. The van der Waals surface area contributed by atoms with Crippen LogP contribution in [0.5, 0.6) is 0 Å². The number of hydrogen-bond donors (Lipinski definition) is 1. The van der Waals surface area contributed by atoms with Gasteiger partial charge in [0, 0.05) is 39.3 Å². The zero-order valence-electron chi connectivity index (χ0n) is 14.6. The SMILES string of the molecule is C[C@H]1CCCN(C(=O)Nc2cc(F)ccc2N2CCN(C)CC2)C1. The van der Waals surface area contributed by atoms with Crippen molar-refractivity contribution in [3.63, 3.8) is 0 Å². The number of benzene rings is 1. The fraction of sp³-hybridized carbons (Fsp3) is 0.611. The first-order chi connectivity index (χ1) is 11.5.